The molecule has 0 saturated heterocycles. The lowest BCUT2D eigenvalue weighted by molar-refractivity contribution is 0.315. The molecule has 0 aliphatic rings. The highest BCUT2D eigenvalue weighted by Gasteiger charge is 2.02. The molecule has 0 aliphatic carbocycles. The molecule has 0 bridgehead atoms. The molecular formula is C12H10N2OS4. The monoisotopic (exact) mass is 326 g/mol. The van der Waals surface area contributed by atoms with Crippen LogP contribution in [0, 0.1) is 0 Å². The molecular weight excluding hydrogens is 316 g/mol. The molecule has 2 heterocycles. The molecule has 2 aromatic heterocycles. The summed E-state index contributed by atoms with van der Waals surface area (Å²) in [5, 5.41) is 9.77. The van der Waals surface area contributed by atoms with Gasteiger partial charge in [0.25, 0.3) is 0 Å². The minimum absolute atomic E-state index is 0.813. The Morgan fingerprint density at radius 3 is 2.84 bits per heavy atom. The Morgan fingerprint density at radius 1 is 1.05 bits per heavy atom. The van der Waals surface area contributed by atoms with E-state index in [0.29, 0.717) is 0 Å². The van der Waals surface area contributed by atoms with Gasteiger partial charge in [-0.25, -0.2) is 4.63 Å². The van der Waals surface area contributed by atoms with Crippen molar-refractivity contribution in [3.8, 4) is 0 Å². The SMILES string of the molecule is c1csc(CSSSCc2ccc3nonc3c2)c1. The normalized spacial score (nSPS) is 11.2. The summed E-state index contributed by atoms with van der Waals surface area (Å²) in [7, 11) is 5.56. The fourth-order valence-corrected chi connectivity index (χ4v) is 6.13. The van der Waals surface area contributed by atoms with Crippen molar-refractivity contribution in [2.75, 3.05) is 0 Å². The number of nitrogens with zero attached hydrogens (tertiary/aromatic N) is 2. The van der Waals surface area contributed by atoms with Crippen LogP contribution in [-0.4, -0.2) is 10.3 Å². The molecule has 0 spiro atoms. The molecule has 3 nitrogen and oxygen atoms in total. The van der Waals surface area contributed by atoms with E-state index in [4.69, 9.17) is 0 Å². The molecule has 98 valence electrons. The number of rotatable bonds is 6. The summed E-state index contributed by atoms with van der Waals surface area (Å²) in [5.74, 6) is 2.03. The Kier molecular flexibility index (Phi) is 4.71. The first-order chi connectivity index (χ1) is 9.42. The molecule has 0 atom stereocenters. The first kappa shape index (κ1) is 13.4. The van der Waals surface area contributed by atoms with E-state index in [1.165, 1.54) is 10.4 Å². The van der Waals surface area contributed by atoms with E-state index >= 15 is 0 Å². The molecule has 19 heavy (non-hydrogen) atoms. The van der Waals surface area contributed by atoms with Gasteiger partial charge in [-0.05, 0) is 49.3 Å². The van der Waals surface area contributed by atoms with Gasteiger partial charge in [-0.15, -0.1) is 11.3 Å². The largest absolute Gasteiger partial charge is 0.243 e. The Labute approximate surface area is 126 Å². The number of fused-ring (bicyclic) bond motifs is 1. The van der Waals surface area contributed by atoms with Crippen molar-refractivity contribution in [2.45, 2.75) is 11.5 Å². The van der Waals surface area contributed by atoms with Gasteiger partial charge in [0.2, 0.25) is 0 Å². The minimum atomic E-state index is 0.813. The summed E-state index contributed by atoms with van der Waals surface area (Å²) < 4.78 is 4.69. The topological polar surface area (TPSA) is 38.9 Å². The summed E-state index contributed by atoms with van der Waals surface area (Å²) in [6.45, 7) is 0. The van der Waals surface area contributed by atoms with E-state index in [0.717, 1.165) is 22.5 Å². The number of aromatic nitrogens is 2. The summed E-state index contributed by atoms with van der Waals surface area (Å²) in [6, 6.07) is 10.3. The molecule has 0 amide bonds. The van der Waals surface area contributed by atoms with Crippen LogP contribution in [0.3, 0.4) is 0 Å². The molecule has 1 aromatic carbocycles. The second-order valence-corrected chi connectivity index (χ2v) is 9.02. The van der Waals surface area contributed by atoms with Crippen LogP contribution in [0.25, 0.3) is 11.0 Å². The maximum atomic E-state index is 4.69. The zero-order valence-corrected chi connectivity index (χ0v) is 13.1. The summed E-state index contributed by atoms with van der Waals surface area (Å²) in [6.07, 6.45) is 0. The Morgan fingerprint density at radius 2 is 1.95 bits per heavy atom. The van der Waals surface area contributed by atoms with Crippen molar-refractivity contribution in [1.82, 2.24) is 10.3 Å². The van der Waals surface area contributed by atoms with Crippen LogP contribution < -0.4 is 0 Å². The number of thiophene rings is 1. The number of benzene rings is 1. The molecule has 0 saturated carbocycles. The predicted octanol–water partition coefficient (Wildman–Crippen LogP) is 5.01. The molecule has 3 rings (SSSR count). The predicted molar refractivity (Wildman–Crippen MR) is 86.3 cm³/mol. The highest BCUT2D eigenvalue weighted by Crippen LogP contribution is 2.39. The maximum absolute atomic E-state index is 4.69. The Bertz CT molecular complexity index is 638. The average Bonchev–Trinajstić information content (AvgIpc) is 3.08. The first-order valence-corrected chi connectivity index (χ1v) is 10.3. The van der Waals surface area contributed by atoms with Crippen molar-refractivity contribution in [3.63, 3.8) is 0 Å². The van der Waals surface area contributed by atoms with Gasteiger partial charge in [0.15, 0.2) is 0 Å². The second-order valence-electron chi connectivity index (χ2n) is 3.76. The molecule has 0 N–H and O–H groups in total. The molecule has 7 heteroatoms. The second kappa shape index (κ2) is 6.69. The zero-order valence-electron chi connectivity index (χ0n) is 9.81. The number of hydrogen-bond acceptors (Lipinski definition) is 7. The van der Waals surface area contributed by atoms with Gasteiger partial charge < -0.3 is 0 Å². The lowest BCUT2D eigenvalue weighted by Crippen LogP contribution is -1.78. The van der Waals surface area contributed by atoms with Gasteiger partial charge >= 0.3 is 0 Å². The van der Waals surface area contributed by atoms with Crippen LogP contribution in [0.5, 0.6) is 0 Å². The fraction of sp³-hybridized carbons (Fsp3) is 0.167. The smallest absolute Gasteiger partial charge is 0.135 e. The third-order valence-electron chi connectivity index (χ3n) is 2.42. The van der Waals surface area contributed by atoms with Crippen LogP contribution in [0.4, 0.5) is 0 Å². The lowest BCUT2D eigenvalue weighted by atomic mass is 10.2. The number of hydrogen-bond donors (Lipinski definition) is 0. The highest BCUT2D eigenvalue weighted by molar-refractivity contribution is 9.09. The maximum Gasteiger partial charge on any atom is 0.135 e. The third-order valence-corrected chi connectivity index (χ3v) is 7.57. The Hall–Kier alpha value is -0.630. The van der Waals surface area contributed by atoms with Crippen molar-refractivity contribution in [3.05, 3.63) is 46.2 Å². The summed E-state index contributed by atoms with van der Waals surface area (Å²) in [5.41, 5.74) is 2.89. The standard InChI is InChI=1S/C12H10N2OS4/c1-2-10(16-5-1)8-18-19-17-7-9-3-4-11-12(6-9)14-15-13-11/h1-6H,7-8H2. The molecule has 0 unspecified atom stereocenters. The minimum Gasteiger partial charge on any atom is -0.243 e. The van der Waals surface area contributed by atoms with E-state index in [2.05, 4.69) is 38.5 Å². The Balaban J connectivity index is 1.44. The van der Waals surface area contributed by atoms with Crippen molar-refractivity contribution in [2.24, 2.45) is 0 Å². The van der Waals surface area contributed by atoms with E-state index in [1.54, 1.807) is 0 Å². The molecule has 0 aliphatic heterocycles. The van der Waals surface area contributed by atoms with Crippen LogP contribution in [0.2, 0.25) is 0 Å². The summed E-state index contributed by atoms with van der Waals surface area (Å²) >= 11 is 1.81. The van der Waals surface area contributed by atoms with E-state index < -0.39 is 0 Å². The molecule has 0 radical (unpaired) electrons. The zero-order chi connectivity index (χ0) is 12.9. The lowest BCUT2D eigenvalue weighted by Gasteiger charge is -2.00. The molecule has 0 fully saturated rings. The van der Waals surface area contributed by atoms with Crippen LogP contribution >= 0.6 is 42.8 Å². The van der Waals surface area contributed by atoms with Crippen molar-refractivity contribution in [1.29, 1.82) is 0 Å². The van der Waals surface area contributed by atoms with Gasteiger partial charge in [0, 0.05) is 16.4 Å². The highest BCUT2D eigenvalue weighted by atomic mass is 33.5. The van der Waals surface area contributed by atoms with E-state index in [-0.39, 0.29) is 0 Å². The first-order valence-electron chi connectivity index (χ1n) is 5.56. The van der Waals surface area contributed by atoms with Crippen molar-refractivity contribution >= 4 is 53.8 Å². The quantitative estimate of drug-likeness (QED) is 0.468. The van der Waals surface area contributed by atoms with Gasteiger partial charge in [0.1, 0.15) is 11.0 Å². The van der Waals surface area contributed by atoms with Gasteiger partial charge in [-0.3, -0.25) is 0 Å². The van der Waals surface area contributed by atoms with Gasteiger partial charge in [-0.1, -0.05) is 33.7 Å². The van der Waals surface area contributed by atoms with Crippen LogP contribution in [0.15, 0.2) is 40.3 Å². The van der Waals surface area contributed by atoms with Gasteiger partial charge in [0.05, 0.1) is 0 Å². The third kappa shape index (κ3) is 3.68. The average molecular weight is 326 g/mol. The van der Waals surface area contributed by atoms with Gasteiger partial charge in [-0.2, -0.15) is 0 Å². The van der Waals surface area contributed by atoms with E-state index in [9.17, 15) is 0 Å². The fourth-order valence-electron chi connectivity index (χ4n) is 1.52. The van der Waals surface area contributed by atoms with Crippen LogP contribution in [-0.2, 0) is 11.5 Å². The summed E-state index contributed by atoms with van der Waals surface area (Å²) in [4.78, 5) is 1.42. The van der Waals surface area contributed by atoms with Crippen LogP contribution in [0.1, 0.15) is 10.4 Å². The molecule has 3 aromatic rings. The van der Waals surface area contributed by atoms with Crippen molar-refractivity contribution < 1.29 is 4.63 Å². The van der Waals surface area contributed by atoms with E-state index in [1.807, 2.05) is 54.9 Å².